The summed E-state index contributed by atoms with van der Waals surface area (Å²) >= 11 is 1.52. The number of anilines is 1. The average Bonchev–Trinajstić information content (AvgIpc) is 3.46. The van der Waals surface area contributed by atoms with Gasteiger partial charge in [0.1, 0.15) is 5.82 Å². The van der Waals surface area contributed by atoms with Crippen molar-refractivity contribution in [2.24, 2.45) is 7.05 Å². The summed E-state index contributed by atoms with van der Waals surface area (Å²) in [5.41, 5.74) is 1.23. The molecule has 138 valence electrons. The van der Waals surface area contributed by atoms with E-state index in [-0.39, 0.29) is 11.2 Å². The van der Waals surface area contributed by atoms with E-state index in [0.29, 0.717) is 5.92 Å². The molecule has 0 radical (unpaired) electrons. The summed E-state index contributed by atoms with van der Waals surface area (Å²) in [6.45, 7) is 5.27. The zero-order valence-corrected chi connectivity index (χ0v) is 16.2. The Labute approximate surface area is 158 Å². The third-order valence-corrected chi connectivity index (χ3v) is 6.28. The van der Waals surface area contributed by atoms with Crippen molar-refractivity contribution in [1.82, 2.24) is 19.7 Å². The van der Waals surface area contributed by atoms with Crippen LogP contribution in [0.3, 0.4) is 0 Å². The van der Waals surface area contributed by atoms with E-state index in [1.54, 1.807) is 0 Å². The normalized spacial score (nSPS) is 18.8. The molecule has 2 aromatic rings. The molecule has 1 aromatic heterocycles. The Hall–Kier alpha value is -2.02. The predicted molar refractivity (Wildman–Crippen MR) is 104 cm³/mol. The second-order valence-electron chi connectivity index (χ2n) is 7.08. The van der Waals surface area contributed by atoms with Crippen molar-refractivity contribution >= 4 is 23.4 Å². The number of thioether (sulfide) groups is 1. The van der Waals surface area contributed by atoms with Crippen LogP contribution < -0.4 is 4.90 Å². The van der Waals surface area contributed by atoms with Crippen molar-refractivity contribution in [2.45, 2.75) is 36.1 Å². The SMILES string of the molecule is C[C@@H](Sc1nnc(C2CC2)n1C)C(=O)N1CCN(c2ccccc2)CC1. The van der Waals surface area contributed by atoms with E-state index in [1.807, 2.05) is 24.9 Å². The number of para-hydroxylation sites is 1. The van der Waals surface area contributed by atoms with Gasteiger partial charge in [0.15, 0.2) is 5.16 Å². The Morgan fingerprint density at radius 3 is 2.46 bits per heavy atom. The lowest BCUT2D eigenvalue weighted by Gasteiger charge is -2.37. The van der Waals surface area contributed by atoms with E-state index in [9.17, 15) is 4.79 Å². The van der Waals surface area contributed by atoms with Gasteiger partial charge >= 0.3 is 0 Å². The number of amides is 1. The maximum absolute atomic E-state index is 12.8. The van der Waals surface area contributed by atoms with Gasteiger partial charge < -0.3 is 14.4 Å². The summed E-state index contributed by atoms with van der Waals surface area (Å²) in [7, 11) is 2.01. The highest BCUT2D eigenvalue weighted by atomic mass is 32.2. The van der Waals surface area contributed by atoms with Gasteiger partial charge in [-0.05, 0) is 31.9 Å². The number of carbonyl (C=O) groups is 1. The molecule has 1 amide bonds. The van der Waals surface area contributed by atoms with E-state index in [1.165, 1.54) is 30.3 Å². The van der Waals surface area contributed by atoms with Crippen LogP contribution in [-0.4, -0.2) is 57.0 Å². The van der Waals surface area contributed by atoms with E-state index in [0.717, 1.165) is 37.2 Å². The number of carbonyl (C=O) groups excluding carboxylic acids is 1. The van der Waals surface area contributed by atoms with E-state index >= 15 is 0 Å². The minimum atomic E-state index is -0.145. The number of rotatable bonds is 5. The Kier molecular flexibility index (Phi) is 4.89. The Balaban J connectivity index is 1.33. The van der Waals surface area contributed by atoms with E-state index in [4.69, 9.17) is 0 Å². The molecule has 2 heterocycles. The zero-order valence-electron chi connectivity index (χ0n) is 15.3. The monoisotopic (exact) mass is 371 g/mol. The number of aromatic nitrogens is 3. The lowest BCUT2D eigenvalue weighted by Crippen LogP contribution is -2.50. The van der Waals surface area contributed by atoms with Crippen molar-refractivity contribution in [3.63, 3.8) is 0 Å². The molecular formula is C19H25N5OS. The van der Waals surface area contributed by atoms with Crippen LogP contribution in [0.15, 0.2) is 35.5 Å². The van der Waals surface area contributed by atoms with Crippen LogP contribution in [0, 0.1) is 0 Å². The molecule has 1 atom stereocenters. The fraction of sp³-hybridized carbons (Fsp3) is 0.526. The summed E-state index contributed by atoms with van der Waals surface area (Å²) < 4.78 is 2.06. The van der Waals surface area contributed by atoms with Gasteiger partial charge in [-0.25, -0.2) is 0 Å². The first-order chi connectivity index (χ1) is 12.6. The quantitative estimate of drug-likeness (QED) is 0.756. The molecule has 1 aromatic carbocycles. The standard InChI is InChI=1S/C19H25N5OS/c1-14(26-19-21-20-17(22(19)2)15-8-9-15)18(25)24-12-10-23(11-13-24)16-6-4-3-5-7-16/h3-7,14-15H,8-13H2,1-2H3/t14-/m1/s1. The Morgan fingerprint density at radius 1 is 1.12 bits per heavy atom. The third-order valence-electron chi connectivity index (χ3n) is 5.15. The van der Waals surface area contributed by atoms with Crippen LogP contribution >= 0.6 is 11.8 Å². The van der Waals surface area contributed by atoms with Crippen LogP contribution in [0.25, 0.3) is 0 Å². The fourth-order valence-corrected chi connectivity index (χ4v) is 4.32. The van der Waals surface area contributed by atoms with Gasteiger partial charge in [0.2, 0.25) is 5.91 Å². The Bertz CT molecular complexity index is 765. The molecule has 0 unspecified atom stereocenters. The van der Waals surface area contributed by atoms with Crippen LogP contribution in [0.5, 0.6) is 0 Å². The van der Waals surface area contributed by atoms with Crippen LogP contribution in [0.4, 0.5) is 5.69 Å². The van der Waals surface area contributed by atoms with Gasteiger partial charge in [0.05, 0.1) is 5.25 Å². The highest BCUT2D eigenvalue weighted by Crippen LogP contribution is 2.39. The van der Waals surface area contributed by atoms with Crippen molar-refractivity contribution in [1.29, 1.82) is 0 Å². The van der Waals surface area contributed by atoms with Gasteiger partial charge in [0.25, 0.3) is 0 Å². The molecule has 1 saturated carbocycles. The average molecular weight is 372 g/mol. The van der Waals surface area contributed by atoms with Gasteiger partial charge in [-0.2, -0.15) is 0 Å². The smallest absolute Gasteiger partial charge is 0.236 e. The highest BCUT2D eigenvalue weighted by molar-refractivity contribution is 8.00. The molecule has 6 nitrogen and oxygen atoms in total. The fourth-order valence-electron chi connectivity index (χ4n) is 3.42. The number of hydrogen-bond acceptors (Lipinski definition) is 5. The summed E-state index contributed by atoms with van der Waals surface area (Å²) in [4.78, 5) is 17.2. The minimum Gasteiger partial charge on any atom is -0.368 e. The van der Waals surface area contributed by atoms with Gasteiger partial charge in [-0.15, -0.1) is 10.2 Å². The molecule has 2 fully saturated rings. The summed E-state index contributed by atoms with van der Waals surface area (Å²) in [5, 5.41) is 9.30. The van der Waals surface area contributed by atoms with Crippen molar-refractivity contribution in [2.75, 3.05) is 31.1 Å². The molecule has 1 aliphatic heterocycles. The first-order valence-corrected chi connectivity index (χ1v) is 10.2. The molecule has 26 heavy (non-hydrogen) atoms. The first-order valence-electron chi connectivity index (χ1n) is 9.28. The molecule has 2 aliphatic rings. The second-order valence-corrected chi connectivity index (χ2v) is 8.39. The number of nitrogens with zero attached hydrogens (tertiary/aromatic N) is 5. The molecule has 0 N–H and O–H groups in total. The van der Waals surface area contributed by atoms with Gasteiger partial charge in [0, 0.05) is 44.8 Å². The van der Waals surface area contributed by atoms with Gasteiger partial charge in [-0.3, -0.25) is 4.79 Å². The second kappa shape index (κ2) is 7.31. The molecule has 0 bridgehead atoms. The van der Waals surface area contributed by atoms with Crippen molar-refractivity contribution in [3.8, 4) is 0 Å². The lowest BCUT2D eigenvalue weighted by molar-refractivity contribution is -0.130. The van der Waals surface area contributed by atoms with E-state index in [2.05, 4.69) is 43.9 Å². The third kappa shape index (κ3) is 3.58. The molecular weight excluding hydrogens is 346 g/mol. The molecule has 1 saturated heterocycles. The lowest BCUT2D eigenvalue weighted by atomic mass is 10.2. The zero-order chi connectivity index (χ0) is 18.1. The molecule has 1 aliphatic carbocycles. The minimum absolute atomic E-state index is 0.145. The number of benzene rings is 1. The summed E-state index contributed by atoms with van der Waals surface area (Å²) in [6, 6.07) is 10.4. The van der Waals surface area contributed by atoms with Crippen molar-refractivity contribution < 1.29 is 4.79 Å². The largest absolute Gasteiger partial charge is 0.368 e. The highest BCUT2D eigenvalue weighted by Gasteiger charge is 2.31. The molecule has 4 rings (SSSR count). The van der Waals surface area contributed by atoms with E-state index < -0.39 is 0 Å². The van der Waals surface area contributed by atoms with Gasteiger partial charge in [-0.1, -0.05) is 30.0 Å². The van der Waals surface area contributed by atoms with Crippen LogP contribution in [-0.2, 0) is 11.8 Å². The first kappa shape index (κ1) is 17.4. The Morgan fingerprint density at radius 2 is 1.81 bits per heavy atom. The number of piperazine rings is 1. The summed E-state index contributed by atoms with van der Waals surface area (Å²) in [6.07, 6.45) is 2.41. The predicted octanol–water partition coefficient (Wildman–Crippen LogP) is 2.52. The summed E-state index contributed by atoms with van der Waals surface area (Å²) in [5.74, 6) is 1.82. The molecule has 7 heteroatoms. The maximum Gasteiger partial charge on any atom is 0.236 e. The van der Waals surface area contributed by atoms with Crippen LogP contribution in [0.2, 0.25) is 0 Å². The number of hydrogen-bond donors (Lipinski definition) is 0. The maximum atomic E-state index is 12.8. The van der Waals surface area contributed by atoms with Crippen LogP contribution in [0.1, 0.15) is 31.5 Å². The van der Waals surface area contributed by atoms with Crippen molar-refractivity contribution in [3.05, 3.63) is 36.2 Å². The topological polar surface area (TPSA) is 54.3 Å². The molecule has 0 spiro atoms.